The van der Waals surface area contributed by atoms with Gasteiger partial charge < -0.3 is 10.5 Å². The van der Waals surface area contributed by atoms with Gasteiger partial charge in [-0.05, 0) is 12.1 Å². The van der Waals surface area contributed by atoms with E-state index in [4.69, 9.17) is 10.5 Å². The third kappa shape index (κ3) is 1.25. The van der Waals surface area contributed by atoms with Gasteiger partial charge in [-0.1, -0.05) is 0 Å². The summed E-state index contributed by atoms with van der Waals surface area (Å²) in [5.41, 5.74) is 6.81. The van der Waals surface area contributed by atoms with Gasteiger partial charge in [-0.15, -0.1) is 0 Å². The van der Waals surface area contributed by atoms with Crippen molar-refractivity contribution >= 4 is 16.6 Å². The summed E-state index contributed by atoms with van der Waals surface area (Å²) in [5.74, 6) is -0.254. The minimum Gasteiger partial charge on any atom is -0.494 e. The Morgan fingerprint density at radius 1 is 1.43 bits per heavy atom. The summed E-state index contributed by atoms with van der Waals surface area (Å²) in [4.78, 5) is 4.00. The van der Waals surface area contributed by atoms with E-state index in [-0.39, 0.29) is 5.75 Å². The van der Waals surface area contributed by atoms with Crippen molar-refractivity contribution in [2.24, 2.45) is 0 Å². The van der Waals surface area contributed by atoms with Crippen molar-refractivity contribution in [1.29, 1.82) is 0 Å². The first-order valence-corrected chi connectivity index (χ1v) is 4.10. The SMILES string of the molecule is COc1cc2c(N)ccnc2cc1F. The Kier molecular flexibility index (Phi) is 1.96. The van der Waals surface area contributed by atoms with Crippen LogP contribution in [-0.4, -0.2) is 12.1 Å². The first kappa shape index (κ1) is 8.74. The highest BCUT2D eigenvalue weighted by molar-refractivity contribution is 5.90. The Morgan fingerprint density at radius 3 is 2.93 bits per heavy atom. The molecule has 0 aliphatic heterocycles. The molecule has 0 amide bonds. The number of nitrogens with two attached hydrogens (primary N) is 1. The highest BCUT2D eigenvalue weighted by atomic mass is 19.1. The molecule has 0 bridgehead atoms. The highest BCUT2D eigenvalue weighted by Crippen LogP contribution is 2.26. The van der Waals surface area contributed by atoms with E-state index in [1.807, 2.05) is 0 Å². The molecule has 1 heterocycles. The largest absolute Gasteiger partial charge is 0.494 e. The number of nitrogen functional groups attached to an aromatic ring is 1. The van der Waals surface area contributed by atoms with Crippen molar-refractivity contribution < 1.29 is 9.13 Å². The van der Waals surface area contributed by atoms with Gasteiger partial charge in [0.1, 0.15) is 0 Å². The lowest BCUT2D eigenvalue weighted by molar-refractivity contribution is 0.387. The van der Waals surface area contributed by atoms with E-state index in [0.717, 1.165) is 0 Å². The monoisotopic (exact) mass is 192 g/mol. The van der Waals surface area contributed by atoms with E-state index < -0.39 is 5.82 Å². The lowest BCUT2D eigenvalue weighted by Gasteiger charge is -2.05. The van der Waals surface area contributed by atoms with E-state index in [1.165, 1.54) is 13.2 Å². The maximum atomic E-state index is 13.2. The van der Waals surface area contributed by atoms with Gasteiger partial charge in [-0.2, -0.15) is 0 Å². The second-order valence-electron chi connectivity index (χ2n) is 2.90. The number of methoxy groups -OCH3 is 1. The van der Waals surface area contributed by atoms with Crippen LogP contribution < -0.4 is 10.5 Å². The van der Waals surface area contributed by atoms with Gasteiger partial charge in [0, 0.05) is 23.3 Å². The fourth-order valence-electron chi connectivity index (χ4n) is 1.32. The predicted octanol–water partition coefficient (Wildman–Crippen LogP) is 1.96. The molecule has 0 aliphatic carbocycles. The number of aromatic nitrogens is 1. The molecule has 0 saturated heterocycles. The third-order valence-corrected chi connectivity index (χ3v) is 2.05. The predicted molar refractivity (Wildman–Crippen MR) is 52.7 cm³/mol. The summed E-state index contributed by atoms with van der Waals surface area (Å²) in [5, 5.41) is 0.700. The summed E-state index contributed by atoms with van der Waals surface area (Å²) in [6.45, 7) is 0. The molecule has 3 nitrogen and oxygen atoms in total. The smallest absolute Gasteiger partial charge is 0.167 e. The van der Waals surface area contributed by atoms with E-state index in [2.05, 4.69) is 4.98 Å². The highest BCUT2D eigenvalue weighted by Gasteiger charge is 2.06. The summed E-state index contributed by atoms with van der Waals surface area (Å²) in [6, 6.07) is 4.53. The molecule has 2 aromatic rings. The molecular weight excluding hydrogens is 183 g/mol. The van der Waals surface area contributed by atoms with E-state index >= 15 is 0 Å². The van der Waals surface area contributed by atoms with Crippen LogP contribution in [0.4, 0.5) is 10.1 Å². The van der Waals surface area contributed by atoms with Crippen LogP contribution in [0.1, 0.15) is 0 Å². The first-order valence-electron chi connectivity index (χ1n) is 4.10. The average Bonchev–Trinajstić information content (AvgIpc) is 2.17. The number of fused-ring (bicyclic) bond motifs is 1. The minimum absolute atomic E-state index is 0.178. The molecule has 0 fully saturated rings. The maximum absolute atomic E-state index is 13.2. The number of anilines is 1. The van der Waals surface area contributed by atoms with Crippen LogP contribution in [0.5, 0.6) is 5.75 Å². The lowest BCUT2D eigenvalue weighted by atomic mass is 10.2. The zero-order chi connectivity index (χ0) is 10.1. The molecule has 4 heteroatoms. The fraction of sp³-hybridized carbons (Fsp3) is 0.100. The second kappa shape index (κ2) is 3.14. The molecule has 0 aliphatic rings. The molecule has 72 valence electrons. The topological polar surface area (TPSA) is 48.1 Å². The zero-order valence-corrected chi connectivity index (χ0v) is 7.62. The average molecular weight is 192 g/mol. The molecular formula is C10H9FN2O. The van der Waals surface area contributed by atoms with E-state index in [0.29, 0.717) is 16.6 Å². The van der Waals surface area contributed by atoms with Crippen molar-refractivity contribution in [2.45, 2.75) is 0 Å². The van der Waals surface area contributed by atoms with Crippen molar-refractivity contribution in [3.05, 3.63) is 30.2 Å². The van der Waals surface area contributed by atoms with E-state index in [1.54, 1.807) is 18.3 Å². The zero-order valence-electron chi connectivity index (χ0n) is 7.62. The van der Waals surface area contributed by atoms with Crippen LogP contribution in [0.3, 0.4) is 0 Å². The molecule has 0 spiro atoms. The molecule has 2 N–H and O–H groups in total. The molecule has 2 rings (SSSR count). The Hall–Kier alpha value is -1.84. The van der Waals surface area contributed by atoms with Crippen LogP contribution in [0.2, 0.25) is 0 Å². The minimum atomic E-state index is -0.432. The molecule has 0 radical (unpaired) electrons. The Labute approximate surface area is 80.3 Å². The van der Waals surface area contributed by atoms with Gasteiger partial charge in [0.15, 0.2) is 11.6 Å². The van der Waals surface area contributed by atoms with Gasteiger partial charge >= 0.3 is 0 Å². The summed E-state index contributed by atoms with van der Waals surface area (Å²) >= 11 is 0. The quantitative estimate of drug-likeness (QED) is 0.751. The summed E-state index contributed by atoms with van der Waals surface area (Å²) in [6.07, 6.45) is 1.55. The van der Waals surface area contributed by atoms with Gasteiger partial charge in [0.05, 0.1) is 12.6 Å². The van der Waals surface area contributed by atoms with Crippen molar-refractivity contribution in [2.75, 3.05) is 12.8 Å². The van der Waals surface area contributed by atoms with Crippen LogP contribution in [0.15, 0.2) is 24.4 Å². The van der Waals surface area contributed by atoms with Gasteiger partial charge in [0.2, 0.25) is 0 Å². The number of nitrogens with zero attached hydrogens (tertiary/aromatic N) is 1. The second-order valence-corrected chi connectivity index (χ2v) is 2.90. The summed E-state index contributed by atoms with van der Waals surface area (Å²) < 4.78 is 18.1. The normalized spacial score (nSPS) is 10.4. The molecule has 0 atom stereocenters. The van der Waals surface area contributed by atoms with Crippen LogP contribution >= 0.6 is 0 Å². The number of rotatable bonds is 1. The number of halogens is 1. The number of pyridine rings is 1. The Bertz CT molecular complexity index is 485. The van der Waals surface area contributed by atoms with Crippen LogP contribution in [0.25, 0.3) is 10.9 Å². The van der Waals surface area contributed by atoms with E-state index in [9.17, 15) is 4.39 Å². The van der Waals surface area contributed by atoms with Gasteiger partial charge in [-0.3, -0.25) is 4.98 Å². The van der Waals surface area contributed by atoms with Crippen molar-refractivity contribution in [3.8, 4) is 5.75 Å². The van der Waals surface area contributed by atoms with Crippen molar-refractivity contribution in [1.82, 2.24) is 4.98 Å². The first-order chi connectivity index (χ1) is 6.72. The molecule has 1 aromatic carbocycles. The summed E-state index contributed by atoms with van der Waals surface area (Å²) in [7, 11) is 1.41. The number of hydrogen-bond acceptors (Lipinski definition) is 3. The Morgan fingerprint density at radius 2 is 2.21 bits per heavy atom. The fourth-order valence-corrected chi connectivity index (χ4v) is 1.32. The molecule has 1 aromatic heterocycles. The number of hydrogen-bond donors (Lipinski definition) is 1. The lowest BCUT2D eigenvalue weighted by Crippen LogP contribution is -1.93. The van der Waals surface area contributed by atoms with Crippen molar-refractivity contribution in [3.63, 3.8) is 0 Å². The molecule has 14 heavy (non-hydrogen) atoms. The Balaban J connectivity index is 2.80. The third-order valence-electron chi connectivity index (χ3n) is 2.05. The number of ether oxygens (including phenoxy) is 1. The maximum Gasteiger partial charge on any atom is 0.167 e. The molecule has 0 saturated carbocycles. The van der Waals surface area contributed by atoms with Gasteiger partial charge in [0.25, 0.3) is 0 Å². The van der Waals surface area contributed by atoms with Gasteiger partial charge in [-0.25, -0.2) is 4.39 Å². The van der Waals surface area contributed by atoms with Crippen LogP contribution in [0, 0.1) is 5.82 Å². The standard InChI is InChI=1S/C10H9FN2O/c1-14-10-4-6-8(12)2-3-13-9(6)5-7(10)11/h2-5H,1H3,(H2,12,13). The van der Waals surface area contributed by atoms with Crippen LogP contribution in [-0.2, 0) is 0 Å². The molecule has 0 unspecified atom stereocenters. The number of benzene rings is 1.